The summed E-state index contributed by atoms with van der Waals surface area (Å²) in [5.74, 6) is -0.510. The fraction of sp³-hybridized carbons (Fsp3) is 0.913. The van der Waals surface area contributed by atoms with Gasteiger partial charge in [0.1, 0.15) is 13.2 Å². The Morgan fingerprint density at radius 2 is 0.828 bits per heavy atom. The minimum Gasteiger partial charge on any atom is -0.461 e. The Balaban J connectivity index is -0.0000000714. The Bertz CT molecular complexity index is 290. The van der Waals surface area contributed by atoms with Crippen molar-refractivity contribution >= 4 is 11.9 Å². The number of carbonyl (C=O) groups excluding carboxylic acids is 2. The molecule has 29 heavy (non-hydrogen) atoms. The van der Waals surface area contributed by atoms with Crippen molar-refractivity contribution in [1.82, 2.24) is 0 Å². The second-order valence-electron chi connectivity index (χ2n) is 5.83. The molecule has 0 aliphatic heterocycles. The number of hydrogen-bond donors (Lipinski definition) is 2. The Morgan fingerprint density at radius 3 is 1.03 bits per heavy atom. The molecule has 0 saturated heterocycles. The second kappa shape index (κ2) is 31.6. The molecule has 4 atom stereocenters. The van der Waals surface area contributed by atoms with Gasteiger partial charge in [0, 0.05) is 0 Å². The van der Waals surface area contributed by atoms with Crippen molar-refractivity contribution in [3.8, 4) is 0 Å². The molecule has 0 bridgehead atoms. The number of aliphatic hydroxyl groups excluding tert-OH is 2. The highest BCUT2D eigenvalue weighted by Gasteiger charge is 2.18. The molecule has 0 saturated carbocycles. The van der Waals surface area contributed by atoms with Crippen molar-refractivity contribution < 1.29 is 29.3 Å². The first-order valence-electron chi connectivity index (χ1n) is 7.39. The predicted octanol–water partition coefficient (Wildman–Crippen LogP) is 6.37. The molecule has 6 heteroatoms. The Labute approximate surface area is 185 Å². The number of hydrogen-bond acceptors (Lipinski definition) is 6. The zero-order chi connectivity index (χ0) is 16.4. The largest absolute Gasteiger partial charge is 0.461 e. The first kappa shape index (κ1) is 56.5. The molecule has 6 nitrogen and oxygen atoms in total. The Morgan fingerprint density at radius 1 is 0.586 bits per heavy atom. The highest BCUT2D eigenvalue weighted by Crippen LogP contribution is 2.22. The van der Waals surface area contributed by atoms with Crippen LogP contribution in [0, 0.1) is 11.8 Å². The van der Waals surface area contributed by atoms with Gasteiger partial charge in [-0.15, -0.1) is 0 Å². The molecule has 4 unspecified atom stereocenters. The first-order chi connectivity index (χ1) is 9.78. The fourth-order valence-corrected chi connectivity index (χ4v) is 2.63. The molecule has 0 aromatic carbocycles. The molecule has 0 heterocycles. The summed E-state index contributed by atoms with van der Waals surface area (Å²) in [6.07, 6.45) is 1.91. The van der Waals surface area contributed by atoms with E-state index >= 15 is 0 Å². The van der Waals surface area contributed by atoms with Crippen LogP contribution in [-0.4, -0.2) is 47.6 Å². The van der Waals surface area contributed by atoms with Crippen LogP contribution in [0.15, 0.2) is 0 Å². The average molecular weight is 433 g/mol. The summed E-state index contributed by atoms with van der Waals surface area (Å²) in [5, 5.41) is 17.2. The van der Waals surface area contributed by atoms with E-state index in [1.165, 1.54) is 0 Å². The Hall–Kier alpha value is -1.14. The molecule has 188 valence electrons. The lowest BCUT2D eigenvalue weighted by Gasteiger charge is -2.22. The molecule has 0 aromatic heterocycles. The maximum absolute atomic E-state index is 11.0. The monoisotopic (exact) mass is 432 g/mol. The van der Waals surface area contributed by atoms with Crippen molar-refractivity contribution in [2.45, 2.75) is 119 Å². The van der Waals surface area contributed by atoms with Crippen molar-refractivity contribution in [2.75, 3.05) is 13.2 Å². The summed E-state index contributed by atoms with van der Waals surface area (Å²) < 4.78 is 10.0. The molecule has 0 aromatic rings. The van der Waals surface area contributed by atoms with Crippen LogP contribution >= 0.6 is 0 Å². The standard InChI is InChI=1S/C15H28O6.8CH4/c1-10(6-12(3)20-14(18)8-16)5-11(2)7-13(4)21-15(19)9-17;;;;;;;;/h10-13,16-17H,5-9H2,1-4H3;8*1H4. The van der Waals surface area contributed by atoms with Crippen LogP contribution in [0.4, 0.5) is 0 Å². The lowest BCUT2D eigenvalue weighted by atomic mass is 9.90. The molecule has 0 aliphatic carbocycles. The normalized spacial score (nSPS) is 12.1. The highest BCUT2D eigenvalue weighted by atomic mass is 16.6. The summed E-state index contributed by atoms with van der Waals surface area (Å²) in [6.45, 7) is 6.57. The molecule has 0 radical (unpaired) electrons. The number of esters is 2. The minimum atomic E-state index is -0.604. The zero-order valence-corrected chi connectivity index (χ0v) is 13.4. The fourth-order valence-electron chi connectivity index (χ4n) is 2.63. The summed E-state index contributed by atoms with van der Waals surface area (Å²) in [4.78, 5) is 21.9. The van der Waals surface area contributed by atoms with Crippen LogP contribution in [0.2, 0.25) is 0 Å². The van der Waals surface area contributed by atoms with Gasteiger partial charge in [-0.1, -0.05) is 73.3 Å². The highest BCUT2D eigenvalue weighted by molar-refractivity contribution is 5.70. The molecule has 2 N–H and O–H groups in total. The second-order valence-corrected chi connectivity index (χ2v) is 5.83. The van der Waals surface area contributed by atoms with Gasteiger partial charge in [0.05, 0.1) is 12.2 Å². The van der Waals surface area contributed by atoms with Crippen molar-refractivity contribution in [3.63, 3.8) is 0 Å². The van der Waals surface area contributed by atoms with Gasteiger partial charge in [-0.2, -0.15) is 0 Å². The molecular formula is C23H60O6. The zero-order valence-electron chi connectivity index (χ0n) is 13.4. The summed E-state index contributed by atoms with van der Waals surface area (Å²) in [6, 6.07) is 0. The number of rotatable bonds is 10. The van der Waals surface area contributed by atoms with E-state index in [9.17, 15) is 9.59 Å². The molecule has 0 aliphatic rings. The van der Waals surface area contributed by atoms with E-state index in [0.717, 1.165) is 19.3 Å². The lowest BCUT2D eigenvalue weighted by molar-refractivity contribution is -0.152. The van der Waals surface area contributed by atoms with Gasteiger partial charge in [-0.05, 0) is 44.9 Å². The molecule has 0 spiro atoms. The SMILES string of the molecule is C.C.C.C.C.C.C.C.CC(CC(C)CC(C)OC(=O)CO)CC(C)OC(=O)CO. The lowest BCUT2D eigenvalue weighted by Crippen LogP contribution is -2.22. The van der Waals surface area contributed by atoms with Gasteiger partial charge >= 0.3 is 11.9 Å². The number of aliphatic hydroxyl groups is 2. The topological polar surface area (TPSA) is 93.1 Å². The van der Waals surface area contributed by atoms with Crippen LogP contribution in [0.5, 0.6) is 0 Å². The number of ether oxygens (including phenoxy) is 2. The van der Waals surface area contributed by atoms with Gasteiger partial charge in [-0.25, -0.2) is 9.59 Å². The van der Waals surface area contributed by atoms with Gasteiger partial charge in [0.2, 0.25) is 0 Å². The molecular weight excluding hydrogens is 372 g/mol. The van der Waals surface area contributed by atoms with E-state index in [0.29, 0.717) is 11.8 Å². The minimum absolute atomic E-state index is 0. The smallest absolute Gasteiger partial charge is 0.332 e. The third-order valence-electron chi connectivity index (χ3n) is 3.20. The first-order valence-corrected chi connectivity index (χ1v) is 7.39. The van der Waals surface area contributed by atoms with Crippen LogP contribution in [0.1, 0.15) is 106 Å². The summed E-state index contributed by atoms with van der Waals surface area (Å²) in [5.41, 5.74) is 0. The van der Waals surface area contributed by atoms with Gasteiger partial charge in [0.15, 0.2) is 0 Å². The van der Waals surface area contributed by atoms with E-state index < -0.39 is 25.2 Å². The maximum atomic E-state index is 11.0. The average Bonchev–Trinajstić information content (AvgIpc) is 2.37. The van der Waals surface area contributed by atoms with E-state index in [1.807, 2.05) is 0 Å². The molecule has 0 amide bonds. The quantitative estimate of drug-likeness (QED) is 0.390. The Kier molecular flexibility index (Phi) is 61.5. The summed E-state index contributed by atoms with van der Waals surface area (Å²) in [7, 11) is 0. The third kappa shape index (κ3) is 31.8. The van der Waals surface area contributed by atoms with Crippen molar-refractivity contribution in [1.29, 1.82) is 0 Å². The maximum Gasteiger partial charge on any atom is 0.332 e. The summed E-state index contributed by atoms with van der Waals surface area (Å²) >= 11 is 0. The van der Waals surface area contributed by atoms with Crippen LogP contribution in [0.3, 0.4) is 0 Å². The molecule has 0 rings (SSSR count). The van der Waals surface area contributed by atoms with Gasteiger partial charge < -0.3 is 19.7 Å². The van der Waals surface area contributed by atoms with E-state index in [4.69, 9.17) is 19.7 Å². The van der Waals surface area contributed by atoms with Crippen molar-refractivity contribution in [2.24, 2.45) is 11.8 Å². The third-order valence-corrected chi connectivity index (χ3v) is 3.20. The van der Waals surface area contributed by atoms with Crippen LogP contribution in [0.25, 0.3) is 0 Å². The van der Waals surface area contributed by atoms with E-state index in [1.54, 1.807) is 13.8 Å². The van der Waals surface area contributed by atoms with Crippen molar-refractivity contribution in [3.05, 3.63) is 0 Å². The van der Waals surface area contributed by atoms with Crippen LogP contribution < -0.4 is 0 Å². The molecule has 0 fully saturated rings. The van der Waals surface area contributed by atoms with E-state index in [-0.39, 0.29) is 71.6 Å². The van der Waals surface area contributed by atoms with Gasteiger partial charge in [-0.3, -0.25) is 0 Å². The van der Waals surface area contributed by atoms with Crippen LogP contribution in [-0.2, 0) is 19.1 Å². The number of carbonyl (C=O) groups is 2. The predicted molar refractivity (Wildman–Crippen MR) is 131 cm³/mol. The van der Waals surface area contributed by atoms with Gasteiger partial charge in [0.25, 0.3) is 0 Å². The van der Waals surface area contributed by atoms with E-state index in [2.05, 4.69) is 13.8 Å².